The summed E-state index contributed by atoms with van der Waals surface area (Å²) in [5, 5.41) is 0. The smallest absolute Gasteiger partial charge is 0.263 e. The van der Waals surface area contributed by atoms with Crippen molar-refractivity contribution in [1.82, 2.24) is 9.47 Å². The van der Waals surface area contributed by atoms with Crippen molar-refractivity contribution in [2.24, 2.45) is 0 Å². The molecule has 150 valence electrons. The summed E-state index contributed by atoms with van der Waals surface area (Å²) in [5.41, 5.74) is 2.01. The van der Waals surface area contributed by atoms with E-state index in [1.165, 1.54) is 0 Å². The maximum atomic E-state index is 12.8. The van der Waals surface area contributed by atoms with Crippen molar-refractivity contribution in [2.75, 3.05) is 20.2 Å². The van der Waals surface area contributed by atoms with E-state index in [2.05, 4.69) is 0 Å². The van der Waals surface area contributed by atoms with Crippen LogP contribution in [-0.4, -0.2) is 35.6 Å². The number of rotatable bonds is 8. The number of para-hydroxylation sites is 1. The molecule has 0 unspecified atom stereocenters. The van der Waals surface area contributed by atoms with Crippen LogP contribution in [0, 0.1) is 6.92 Å². The van der Waals surface area contributed by atoms with Crippen LogP contribution in [0.2, 0.25) is 0 Å². The first kappa shape index (κ1) is 20.4. The van der Waals surface area contributed by atoms with Gasteiger partial charge in [0, 0.05) is 19.8 Å². The predicted octanol–water partition coefficient (Wildman–Crippen LogP) is 3.75. The average Bonchev–Trinajstić information content (AvgIpc) is 2.74. The maximum Gasteiger partial charge on any atom is 0.263 e. The van der Waals surface area contributed by atoms with E-state index in [1.807, 2.05) is 61.5 Å². The van der Waals surface area contributed by atoms with Crippen molar-refractivity contribution in [3.05, 3.63) is 100.0 Å². The van der Waals surface area contributed by atoms with Gasteiger partial charge in [-0.3, -0.25) is 9.59 Å². The Morgan fingerprint density at radius 3 is 2.48 bits per heavy atom. The molecule has 0 atom stereocenters. The number of benzene rings is 2. The van der Waals surface area contributed by atoms with E-state index in [0.29, 0.717) is 26.1 Å². The number of carbonyl (C=O) groups is 1. The van der Waals surface area contributed by atoms with Crippen LogP contribution in [0.3, 0.4) is 0 Å². The van der Waals surface area contributed by atoms with Crippen LogP contribution in [-0.2, 0) is 6.54 Å². The molecule has 2 aromatic carbocycles. The number of nitrogens with zero attached hydrogens (tertiary/aromatic N) is 2. The molecule has 0 aliphatic rings. The zero-order chi connectivity index (χ0) is 20.6. The van der Waals surface area contributed by atoms with E-state index in [9.17, 15) is 9.59 Å². The van der Waals surface area contributed by atoms with Gasteiger partial charge < -0.3 is 14.2 Å². The minimum Gasteiger partial charge on any atom is -0.493 e. The molecule has 0 spiro atoms. The third-order valence-corrected chi connectivity index (χ3v) is 4.78. The molecule has 0 aliphatic carbocycles. The van der Waals surface area contributed by atoms with Gasteiger partial charge in [0.05, 0.1) is 13.2 Å². The zero-order valence-corrected chi connectivity index (χ0v) is 16.9. The van der Waals surface area contributed by atoms with Gasteiger partial charge in [-0.05, 0) is 42.7 Å². The molecule has 1 heterocycles. The molecular formula is C24H26N2O3. The number of carbonyl (C=O) groups excluding carboxylic acids is 1. The van der Waals surface area contributed by atoms with Crippen molar-refractivity contribution < 1.29 is 9.53 Å². The van der Waals surface area contributed by atoms with Crippen molar-refractivity contribution in [3.8, 4) is 5.75 Å². The predicted molar refractivity (Wildman–Crippen MR) is 114 cm³/mol. The quantitative estimate of drug-likeness (QED) is 0.551. The molecule has 3 rings (SSSR count). The van der Waals surface area contributed by atoms with Crippen molar-refractivity contribution in [2.45, 2.75) is 19.9 Å². The van der Waals surface area contributed by atoms with Crippen molar-refractivity contribution in [1.29, 1.82) is 0 Å². The number of hydrogen-bond acceptors (Lipinski definition) is 3. The van der Waals surface area contributed by atoms with E-state index < -0.39 is 0 Å². The highest BCUT2D eigenvalue weighted by Gasteiger charge is 2.16. The normalized spacial score (nSPS) is 10.6. The van der Waals surface area contributed by atoms with Crippen LogP contribution >= 0.6 is 0 Å². The number of hydrogen-bond donors (Lipinski definition) is 0. The molecule has 29 heavy (non-hydrogen) atoms. The second-order valence-corrected chi connectivity index (χ2v) is 7.03. The summed E-state index contributed by atoms with van der Waals surface area (Å²) in [5.74, 6) is 0.585. The van der Waals surface area contributed by atoms with Gasteiger partial charge in [-0.15, -0.1) is 0 Å². The molecule has 3 aromatic rings. The van der Waals surface area contributed by atoms with Gasteiger partial charge in [-0.2, -0.15) is 0 Å². The zero-order valence-electron chi connectivity index (χ0n) is 16.9. The molecule has 1 amide bonds. The Hall–Kier alpha value is -3.34. The third-order valence-electron chi connectivity index (χ3n) is 4.78. The Balaban J connectivity index is 1.58. The monoisotopic (exact) mass is 390 g/mol. The molecule has 5 heteroatoms. The van der Waals surface area contributed by atoms with Gasteiger partial charge in [0.25, 0.3) is 11.5 Å². The number of pyridine rings is 1. The summed E-state index contributed by atoms with van der Waals surface area (Å²) >= 11 is 0. The van der Waals surface area contributed by atoms with Gasteiger partial charge in [-0.25, -0.2) is 0 Å². The van der Waals surface area contributed by atoms with Crippen LogP contribution < -0.4 is 10.3 Å². The van der Waals surface area contributed by atoms with Gasteiger partial charge in [0.2, 0.25) is 0 Å². The highest BCUT2D eigenvalue weighted by molar-refractivity contribution is 5.93. The van der Waals surface area contributed by atoms with Crippen LogP contribution in [0.4, 0.5) is 0 Å². The second-order valence-electron chi connectivity index (χ2n) is 7.03. The first-order valence-electron chi connectivity index (χ1n) is 9.73. The standard InChI is InChI=1S/C24H26N2O3/c1-19-10-6-7-14-22(19)29-17-9-15-25(2)23(27)21-13-8-16-26(24(21)28)18-20-11-4-3-5-12-20/h3-8,10-14,16H,9,15,17-18H2,1-2H3. The summed E-state index contributed by atoms with van der Waals surface area (Å²) < 4.78 is 7.35. The highest BCUT2D eigenvalue weighted by atomic mass is 16.5. The van der Waals surface area contributed by atoms with Gasteiger partial charge in [0.15, 0.2) is 0 Å². The van der Waals surface area contributed by atoms with Crippen LogP contribution in [0.5, 0.6) is 5.75 Å². The summed E-state index contributed by atoms with van der Waals surface area (Å²) in [7, 11) is 1.71. The Kier molecular flexibility index (Phi) is 6.85. The molecular weight excluding hydrogens is 364 g/mol. The van der Waals surface area contributed by atoms with Crippen LogP contribution in [0.25, 0.3) is 0 Å². The molecule has 0 fully saturated rings. The summed E-state index contributed by atoms with van der Waals surface area (Å²) in [6, 6.07) is 20.9. The van der Waals surface area contributed by atoms with Gasteiger partial charge >= 0.3 is 0 Å². The van der Waals surface area contributed by atoms with E-state index >= 15 is 0 Å². The lowest BCUT2D eigenvalue weighted by molar-refractivity contribution is 0.0785. The SMILES string of the molecule is Cc1ccccc1OCCCN(C)C(=O)c1cccn(Cc2ccccc2)c1=O. The van der Waals surface area contributed by atoms with Crippen molar-refractivity contribution in [3.63, 3.8) is 0 Å². The van der Waals surface area contributed by atoms with Crippen LogP contribution in [0.1, 0.15) is 27.9 Å². The van der Waals surface area contributed by atoms with E-state index in [4.69, 9.17) is 4.74 Å². The lowest BCUT2D eigenvalue weighted by Crippen LogP contribution is -2.35. The second kappa shape index (κ2) is 9.73. The van der Waals surface area contributed by atoms with Crippen molar-refractivity contribution >= 4 is 5.91 Å². The number of ether oxygens (including phenoxy) is 1. The number of aryl methyl sites for hydroxylation is 1. The molecule has 0 N–H and O–H groups in total. The molecule has 5 nitrogen and oxygen atoms in total. The lowest BCUT2D eigenvalue weighted by Gasteiger charge is -2.18. The first-order valence-corrected chi connectivity index (χ1v) is 9.73. The molecule has 1 aromatic heterocycles. The topological polar surface area (TPSA) is 51.5 Å². The Morgan fingerprint density at radius 2 is 1.72 bits per heavy atom. The van der Waals surface area contributed by atoms with E-state index in [-0.39, 0.29) is 17.0 Å². The fourth-order valence-corrected chi connectivity index (χ4v) is 3.11. The number of aromatic nitrogens is 1. The average molecular weight is 390 g/mol. The summed E-state index contributed by atoms with van der Waals surface area (Å²) in [4.78, 5) is 27.1. The van der Waals surface area contributed by atoms with Gasteiger partial charge in [0.1, 0.15) is 11.3 Å². The molecule has 0 saturated heterocycles. The minimum atomic E-state index is -0.274. The van der Waals surface area contributed by atoms with Gasteiger partial charge in [-0.1, -0.05) is 48.5 Å². The molecule has 0 saturated carbocycles. The molecule has 0 bridgehead atoms. The Labute approximate surface area is 171 Å². The van der Waals surface area contributed by atoms with E-state index in [0.717, 1.165) is 16.9 Å². The third kappa shape index (κ3) is 5.35. The summed E-state index contributed by atoms with van der Waals surface area (Å²) in [6.07, 6.45) is 2.39. The molecule has 0 aliphatic heterocycles. The highest BCUT2D eigenvalue weighted by Crippen LogP contribution is 2.16. The van der Waals surface area contributed by atoms with E-state index in [1.54, 1.807) is 34.8 Å². The number of amides is 1. The largest absolute Gasteiger partial charge is 0.493 e. The Bertz CT molecular complexity index is 1010. The fourth-order valence-electron chi connectivity index (χ4n) is 3.11. The first-order chi connectivity index (χ1) is 14.1. The maximum absolute atomic E-state index is 12.8. The lowest BCUT2D eigenvalue weighted by atomic mass is 10.2. The summed E-state index contributed by atoms with van der Waals surface area (Å²) in [6.45, 7) is 3.46. The minimum absolute atomic E-state index is 0.186. The van der Waals surface area contributed by atoms with Crippen LogP contribution in [0.15, 0.2) is 77.7 Å². The fraction of sp³-hybridized carbons (Fsp3) is 0.250. The Morgan fingerprint density at radius 1 is 1.00 bits per heavy atom. The molecule has 0 radical (unpaired) electrons.